The van der Waals surface area contributed by atoms with Crippen LogP contribution in [0.25, 0.3) is 10.2 Å². The zero-order chi connectivity index (χ0) is 27.8. The zero-order valence-electron chi connectivity index (χ0n) is 22.2. The second-order valence-electron chi connectivity index (χ2n) is 9.63. The monoisotopic (exact) mass is 544 g/mol. The lowest BCUT2D eigenvalue weighted by atomic mass is 10.1. The summed E-state index contributed by atoms with van der Waals surface area (Å²) in [5.74, 6) is -0.242. The molecule has 1 aliphatic rings. The molecule has 0 bridgehead atoms. The fourth-order valence-corrected chi connectivity index (χ4v) is 5.75. The summed E-state index contributed by atoms with van der Waals surface area (Å²) in [7, 11) is 0. The molecule has 9 nitrogen and oxygen atoms in total. The Morgan fingerprint density at radius 2 is 1.90 bits per heavy atom. The lowest BCUT2D eigenvalue weighted by molar-refractivity contribution is -0.121. The topological polar surface area (TPSA) is 111 Å². The Balaban J connectivity index is 1.42. The summed E-state index contributed by atoms with van der Waals surface area (Å²) in [5.41, 5.74) is 3.78. The van der Waals surface area contributed by atoms with Crippen molar-refractivity contribution >= 4 is 50.5 Å². The largest absolute Gasteiger partial charge is 0.482 e. The molecular formula is C29H28N4O5S. The van der Waals surface area contributed by atoms with Crippen molar-refractivity contribution in [3.63, 3.8) is 0 Å². The molecule has 10 heteroatoms. The van der Waals surface area contributed by atoms with Gasteiger partial charge in [-0.1, -0.05) is 24.6 Å². The molecule has 5 rings (SSSR count). The van der Waals surface area contributed by atoms with E-state index < -0.39 is 5.56 Å². The molecule has 2 amide bonds. The van der Waals surface area contributed by atoms with Gasteiger partial charge in [-0.2, -0.15) is 0 Å². The number of anilines is 2. The number of carbonyl (C=O) groups excluding carboxylic acids is 3. The third-order valence-corrected chi connectivity index (χ3v) is 7.94. The average molecular weight is 545 g/mol. The van der Waals surface area contributed by atoms with Crippen LogP contribution in [0.15, 0.2) is 47.5 Å². The first-order valence-corrected chi connectivity index (χ1v) is 13.5. The van der Waals surface area contributed by atoms with Crippen LogP contribution in [-0.2, 0) is 11.3 Å². The molecule has 200 valence electrons. The third kappa shape index (κ3) is 4.95. The maximum absolute atomic E-state index is 13.4. The van der Waals surface area contributed by atoms with Gasteiger partial charge in [0.25, 0.3) is 17.4 Å². The number of nitrogens with one attached hydrogen (secondary N) is 1. The van der Waals surface area contributed by atoms with Crippen LogP contribution in [0, 0.1) is 20.8 Å². The molecule has 2 aromatic carbocycles. The number of amides is 2. The minimum atomic E-state index is -0.392. The van der Waals surface area contributed by atoms with E-state index in [1.54, 1.807) is 30.0 Å². The molecule has 4 aromatic rings. The van der Waals surface area contributed by atoms with E-state index in [-0.39, 0.29) is 30.7 Å². The fraction of sp³-hybridized carbons (Fsp3) is 0.276. The molecule has 3 heterocycles. The lowest BCUT2D eigenvalue weighted by Gasteiger charge is -2.29. The number of nitrogens with zero attached hydrogens (tertiary/aromatic N) is 3. The number of ether oxygens (including phenoxy) is 1. The first-order chi connectivity index (χ1) is 18.7. The van der Waals surface area contributed by atoms with Crippen molar-refractivity contribution in [2.24, 2.45) is 0 Å². The Hall–Kier alpha value is -4.31. The van der Waals surface area contributed by atoms with Gasteiger partial charge >= 0.3 is 0 Å². The summed E-state index contributed by atoms with van der Waals surface area (Å²) >= 11 is 1.15. The number of Topliss-reactive ketones (excluding diaryl/α,β-unsaturated/α-hetero) is 1. The summed E-state index contributed by atoms with van der Waals surface area (Å²) in [5, 5.41) is 3.25. The van der Waals surface area contributed by atoms with Crippen molar-refractivity contribution in [3.8, 4) is 5.75 Å². The minimum Gasteiger partial charge on any atom is -0.482 e. The highest BCUT2D eigenvalue weighted by Crippen LogP contribution is 2.33. The highest BCUT2D eigenvalue weighted by Gasteiger charge is 2.26. The van der Waals surface area contributed by atoms with Gasteiger partial charge in [-0.05, 0) is 62.6 Å². The number of rotatable bonds is 7. The number of ketones is 1. The lowest BCUT2D eigenvalue weighted by Crippen LogP contribution is -2.39. The van der Waals surface area contributed by atoms with E-state index in [0.717, 1.165) is 28.9 Å². The maximum atomic E-state index is 13.4. The van der Waals surface area contributed by atoms with Crippen LogP contribution in [0.2, 0.25) is 0 Å². The molecular weight excluding hydrogens is 516 g/mol. The fourth-order valence-electron chi connectivity index (χ4n) is 4.71. The standard InChI is InChI=1S/C29H28N4O5S/c1-5-10-33-21-12-19(7-9-23(21)38-14-24(33)35)22(34)13-32-15-30-28-25(29(32)37)18(4)26(39-28)27(36)31-20-8-6-16(2)11-17(20)3/h6-9,11-12,15H,5,10,13-14H2,1-4H3,(H,31,36). The first-order valence-electron chi connectivity index (χ1n) is 12.7. The van der Waals surface area contributed by atoms with Gasteiger partial charge < -0.3 is 15.0 Å². The molecule has 0 radical (unpaired) electrons. The van der Waals surface area contributed by atoms with Crippen molar-refractivity contribution in [2.45, 2.75) is 40.7 Å². The number of hydrogen-bond acceptors (Lipinski definition) is 7. The molecule has 1 aliphatic heterocycles. The summed E-state index contributed by atoms with van der Waals surface area (Å²) in [6, 6.07) is 10.7. The van der Waals surface area contributed by atoms with E-state index in [2.05, 4.69) is 10.3 Å². The molecule has 0 atom stereocenters. The van der Waals surface area contributed by atoms with Crippen molar-refractivity contribution in [2.75, 3.05) is 23.4 Å². The van der Waals surface area contributed by atoms with Crippen molar-refractivity contribution in [3.05, 3.63) is 80.2 Å². The van der Waals surface area contributed by atoms with E-state index in [1.807, 2.05) is 39.0 Å². The summed E-state index contributed by atoms with van der Waals surface area (Å²) in [6.07, 6.45) is 2.09. The number of aromatic nitrogens is 2. The first kappa shape index (κ1) is 26.3. The SMILES string of the molecule is CCCN1C(=O)COc2ccc(C(=O)Cn3cnc4sc(C(=O)Nc5ccc(C)cc5C)c(C)c4c3=O)cc21. The quantitative estimate of drug-likeness (QED) is 0.339. The molecule has 0 aliphatic carbocycles. The van der Waals surface area contributed by atoms with Crippen LogP contribution >= 0.6 is 11.3 Å². The van der Waals surface area contributed by atoms with Crippen LogP contribution in [0.3, 0.4) is 0 Å². The zero-order valence-corrected chi connectivity index (χ0v) is 23.0. The average Bonchev–Trinajstić information content (AvgIpc) is 3.25. The Labute approximate surface area is 229 Å². The number of aryl methyl sites for hydroxylation is 3. The number of thiophene rings is 1. The van der Waals surface area contributed by atoms with Crippen LogP contribution in [-0.4, -0.2) is 40.3 Å². The smallest absolute Gasteiger partial charge is 0.266 e. The van der Waals surface area contributed by atoms with Gasteiger partial charge in [-0.25, -0.2) is 4.98 Å². The molecule has 0 spiro atoms. The molecule has 0 saturated carbocycles. The predicted molar refractivity (Wildman–Crippen MR) is 151 cm³/mol. The van der Waals surface area contributed by atoms with Gasteiger partial charge in [0.2, 0.25) is 0 Å². The molecule has 0 unspecified atom stereocenters. The molecule has 2 aromatic heterocycles. The van der Waals surface area contributed by atoms with Crippen LogP contribution in [0.1, 0.15) is 50.1 Å². The van der Waals surface area contributed by atoms with Crippen LogP contribution < -0.4 is 20.5 Å². The molecule has 1 N–H and O–H groups in total. The second kappa shape index (κ2) is 10.5. The second-order valence-corrected chi connectivity index (χ2v) is 10.6. The van der Waals surface area contributed by atoms with Gasteiger partial charge in [-0.3, -0.25) is 23.7 Å². The van der Waals surface area contributed by atoms with Gasteiger partial charge in [0, 0.05) is 17.8 Å². The van der Waals surface area contributed by atoms with Crippen molar-refractivity contribution in [1.82, 2.24) is 9.55 Å². The van der Waals surface area contributed by atoms with E-state index in [9.17, 15) is 19.2 Å². The summed E-state index contributed by atoms with van der Waals surface area (Å²) in [6.45, 7) is 7.84. The van der Waals surface area contributed by atoms with Crippen LogP contribution in [0.5, 0.6) is 5.75 Å². The Morgan fingerprint density at radius 3 is 2.64 bits per heavy atom. The Bertz CT molecular complexity index is 1700. The Morgan fingerprint density at radius 1 is 1.10 bits per heavy atom. The summed E-state index contributed by atoms with van der Waals surface area (Å²) < 4.78 is 6.77. The van der Waals surface area contributed by atoms with Gasteiger partial charge in [-0.15, -0.1) is 11.3 Å². The maximum Gasteiger partial charge on any atom is 0.266 e. The van der Waals surface area contributed by atoms with Crippen LogP contribution in [0.4, 0.5) is 11.4 Å². The molecule has 0 fully saturated rings. The summed E-state index contributed by atoms with van der Waals surface area (Å²) in [4.78, 5) is 58.8. The van der Waals surface area contributed by atoms with Gasteiger partial charge in [0.1, 0.15) is 10.6 Å². The van der Waals surface area contributed by atoms with E-state index in [0.29, 0.717) is 49.9 Å². The van der Waals surface area contributed by atoms with Crippen molar-refractivity contribution in [1.29, 1.82) is 0 Å². The Kier molecular flexibility index (Phi) is 7.05. The predicted octanol–water partition coefficient (Wildman–Crippen LogP) is 4.65. The number of hydrogen-bond donors (Lipinski definition) is 1. The highest BCUT2D eigenvalue weighted by molar-refractivity contribution is 7.20. The van der Waals surface area contributed by atoms with Gasteiger partial charge in [0.15, 0.2) is 12.4 Å². The van der Waals surface area contributed by atoms with E-state index in [1.165, 1.54) is 10.9 Å². The minimum absolute atomic E-state index is 0.0357. The number of carbonyl (C=O) groups is 3. The molecule has 39 heavy (non-hydrogen) atoms. The van der Waals surface area contributed by atoms with E-state index >= 15 is 0 Å². The van der Waals surface area contributed by atoms with Crippen molar-refractivity contribution < 1.29 is 19.1 Å². The third-order valence-electron chi connectivity index (χ3n) is 6.74. The number of benzene rings is 2. The van der Waals surface area contributed by atoms with E-state index in [4.69, 9.17) is 4.74 Å². The molecule has 0 saturated heterocycles. The van der Waals surface area contributed by atoms with Gasteiger partial charge in [0.05, 0.1) is 28.8 Å². The normalized spacial score (nSPS) is 12.8. The highest BCUT2D eigenvalue weighted by atomic mass is 32.1. The number of fused-ring (bicyclic) bond motifs is 2.